The summed E-state index contributed by atoms with van der Waals surface area (Å²) in [7, 11) is -4.19. The molecule has 1 aromatic heterocycles. The molecule has 0 saturated carbocycles. The van der Waals surface area contributed by atoms with Gasteiger partial charge in [-0.1, -0.05) is 23.2 Å². The number of nitrogens with one attached hydrogen (secondary N) is 2. The quantitative estimate of drug-likeness (QED) is 0.383. The Labute approximate surface area is 217 Å². The van der Waals surface area contributed by atoms with E-state index in [4.69, 9.17) is 23.2 Å². The number of benzene rings is 2. The molecule has 2 aliphatic rings. The minimum Gasteiger partial charge on any atom is -0.368 e. The Morgan fingerprint density at radius 2 is 1.89 bits per heavy atom. The molecule has 2 N–H and O–H groups in total. The van der Waals surface area contributed by atoms with Crippen molar-refractivity contribution in [3.8, 4) is 0 Å². The smallest absolute Gasteiger partial charge is 0.266 e. The molecule has 0 spiro atoms. The van der Waals surface area contributed by atoms with Gasteiger partial charge in [0.2, 0.25) is 0 Å². The van der Waals surface area contributed by atoms with Crippen molar-refractivity contribution >= 4 is 67.4 Å². The first-order valence-electron chi connectivity index (χ1n) is 11.3. The lowest BCUT2D eigenvalue weighted by atomic mass is 10.2. The average Bonchev–Trinajstić information content (AvgIpc) is 3.59. The molecule has 186 valence electrons. The molecular weight excluding hydrogens is 532 g/mol. The van der Waals surface area contributed by atoms with Gasteiger partial charge < -0.3 is 10.2 Å². The third-order valence-electron chi connectivity index (χ3n) is 6.37. The van der Waals surface area contributed by atoms with Crippen LogP contribution in [0.5, 0.6) is 0 Å². The summed E-state index contributed by atoms with van der Waals surface area (Å²) in [5, 5.41) is 5.37. The number of likely N-dealkylation sites (tertiary alicyclic amines) is 1. The van der Waals surface area contributed by atoms with Crippen LogP contribution in [0.4, 0.5) is 27.3 Å². The minimum atomic E-state index is -4.19. The highest BCUT2D eigenvalue weighted by Crippen LogP contribution is 2.38. The van der Waals surface area contributed by atoms with Crippen LogP contribution in [0.2, 0.25) is 10.0 Å². The van der Waals surface area contributed by atoms with E-state index in [9.17, 15) is 12.8 Å². The van der Waals surface area contributed by atoms with Crippen LogP contribution in [0, 0.1) is 5.82 Å². The second-order valence-corrected chi connectivity index (χ2v) is 11.9. The van der Waals surface area contributed by atoms with Gasteiger partial charge in [0.15, 0.2) is 5.82 Å². The van der Waals surface area contributed by atoms with Crippen LogP contribution < -0.4 is 14.9 Å². The molecule has 0 amide bonds. The number of anilines is 4. The topological polar surface area (TPSA) is 77.6 Å². The minimum absolute atomic E-state index is 0.0716. The zero-order chi connectivity index (χ0) is 24.6. The number of thiazole rings is 1. The number of nitrogens with zero attached hydrogens (tertiary/aromatic N) is 3. The van der Waals surface area contributed by atoms with Crippen LogP contribution in [0.1, 0.15) is 19.3 Å². The van der Waals surface area contributed by atoms with Crippen LogP contribution >= 0.6 is 34.5 Å². The molecule has 12 heteroatoms. The van der Waals surface area contributed by atoms with Gasteiger partial charge in [0, 0.05) is 35.6 Å². The third-order valence-corrected chi connectivity index (χ3v) is 8.88. The summed E-state index contributed by atoms with van der Waals surface area (Å²) in [5.41, 5.74) is 3.35. The zero-order valence-electron chi connectivity index (χ0n) is 18.7. The van der Waals surface area contributed by atoms with Crippen molar-refractivity contribution in [3.63, 3.8) is 0 Å². The highest BCUT2D eigenvalue weighted by molar-refractivity contribution is 7.92. The lowest BCUT2D eigenvalue weighted by molar-refractivity contribution is 0.260. The summed E-state index contributed by atoms with van der Waals surface area (Å²) in [6, 6.07) is 8.15. The van der Waals surface area contributed by atoms with Gasteiger partial charge >= 0.3 is 0 Å². The van der Waals surface area contributed by atoms with Gasteiger partial charge in [-0.05, 0) is 56.6 Å². The van der Waals surface area contributed by atoms with Gasteiger partial charge in [-0.3, -0.25) is 9.62 Å². The molecule has 0 bridgehead atoms. The molecule has 3 heterocycles. The molecule has 5 rings (SSSR count). The molecule has 1 unspecified atom stereocenters. The van der Waals surface area contributed by atoms with Gasteiger partial charge in [-0.2, -0.15) is 0 Å². The standard InChI is InChI=1S/C23H24Cl2FN5O2S2/c24-15-3-4-19(21(9-15)31-8-5-16(12-31)30-6-1-2-7-30)28-20-11-18(26)22(10-17(20)25)35(32,33)29-23-13-34-14-27-23/h3-4,9-11,13-14,16,28-29H,1-2,5-8,12H2. The maximum atomic E-state index is 15.0. The number of rotatable bonds is 7. The van der Waals surface area contributed by atoms with Crippen molar-refractivity contribution in [1.82, 2.24) is 9.88 Å². The first-order chi connectivity index (χ1) is 16.8. The van der Waals surface area contributed by atoms with Crippen molar-refractivity contribution in [1.29, 1.82) is 0 Å². The summed E-state index contributed by atoms with van der Waals surface area (Å²) in [6.07, 6.45) is 3.56. The number of sulfonamides is 1. The Balaban J connectivity index is 1.39. The molecule has 2 aromatic carbocycles. The molecule has 1 atom stereocenters. The first kappa shape index (κ1) is 24.6. The van der Waals surface area contributed by atoms with Crippen LogP contribution in [-0.2, 0) is 10.0 Å². The molecular formula is C23H24Cl2FN5O2S2. The van der Waals surface area contributed by atoms with Crippen LogP contribution in [0.15, 0.2) is 46.1 Å². The number of hydrogen-bond donors (Lipinski definition) is 2. The van der Waals surface area contributed by atoms with Gasteiger partial charge in [-0.15, -0.1) is 11.3 Å². The van der Waals surface area contributed by atoms with Crippen molar-refractivity contribution in [2.45, 2.75) is 30.2 Å². The van der Waals surface area contributed by atoms with E-state index in [2.05, 4.69) is 24.8 Å². The Kier molecular flexibility index (Phi) is 7.09. The van der Waals surface area contributed by atoms with E-state index in [0.29, 0.717) is 16.8 Å². The molecule has 7 nitrogen and oxygen atoms in total. The summed E-state index contributed by atoms with van der Waals surface area (Å²) in [6.45, 7) is 4.05. The van der Waals surface area contributed by atoms with E-state index in [1.807, 2.05) is 12.1 Å². The second-order valence-electron chi connectivity index (χ2n) is 8.66. The monoisotopic (exact) mass is 555 g/mol. The molecule has 2 aliphatic heterocycles. The van der Waals surface area contributed by atoms with Crippen LogP contribution in [-0.4, -0.2) is 50.5 Å². The van der Waals surface area contributed by atoms with E-state index < -0.39 is 20.7 Å². The molecule has 2 saturated heterocycles. The lowest BCUT2D eigenvalue weighted by Crippen LogP contribution is -2.35. The number of halogens is 3. The molecule has 3 aromatic rings. The van der Waals surface area contributed by atoms with E-state index in [1.54, 1.807) is 6.07 Å². The molecule has 35 heavy (non-hydrogen) atoms. The van der Waals surface area contributed by atoms with Gasteiger partial charge in [0.05, 0.1) is 27.6 Å². The Morgan fingerprint density at radius 1 is 1.09 bits per heavy atom. The predicted octanol–water partition coefficient (Wildman–Crippen LogP) is 5.81. The Bertz CT molecular complexity index is 1320. The fraction of sp³-hybridized carbons (Fsp3) is 0.348. The normalized spacial score (nSPS) is 18.8. The summed E-state index contributed by atoms with van der Waals surface area (Å²) < 4.78 is 42.5. The predicted molar refractivity (Wildman–Crippen MR) is 140 cm³/mol. The summed E-state index contributed by atoms with van der Waals surface area (Å²) in [4.78, 5) is 8.15. The summed E-state index contributed by atoms with van der Waals surface area (Å²) in [5.74, 6) is -0.804. The zero-order valence-corrected chi connectivity index (χ0v) is 21.8. The number of aromatic nitrogens is 1. The fourth-order valence-corrected chi connectivity index (χ4v) is 6.75. The van der Waals surface area contributed by atoms with E-state index in [-0.39, 0.29) is 16.5 Å². The largest absolute Gasteiger partial charge is 0.368 e. The van der Waals surface area contributed by atoms with Crippen molar-refractivity contribution in [3.05, 3.63) is 57.1 Å². The van der Waals surface area contributed by atoms with Crippen molar-refractivity contribution in [2.75, 3.05) is 41.1 Å². The lowest BCUT2D eigenvalue weighted by Gasteiger charge is -2.26. The van der Waals surface area contributed by atoms with E-state index in [1.165, 1.54) is 35.1 Å². The molecule has 0 radical (unpaired) electrons. The van der Waals surface area contributed by atoms with Gasteiger partial charge in [0.1, 0.15) is 10.7 Å². The van der Waals surface area contributed by atoms with Gasteiger partial charge in [0.25, 0.3) is 10.0 Å². The highest BCUT2D eigenvalue weighted by Gasteiger charge is 2.30. The average molecular weight is 557 g/mol. The van der Waals surface area contributed by atoms with Crippen LogP contribution in [0.3, 0.4) is 0 Å². The fourth-order valence-electron chi connectivity index (χ4n) is 4.67. The van der Waals surface area contributed by atoms with Gasteiger partial charge in [-0.25, -0.2) is 17.8 Å². The maximum absolute atomic E-state index is 15.0. The van der Waals surface area contributed by atoms with E-state index in [0.717, 1.165) is 50.4 Å². The molecule has 2 fully saturated rings. The third kappa shape index (κ3) is 5.36. The summed E-state index contributed by atoms with van der Waals surface area (Å²) >= 11 is 14.0. The van der Waals surface area contributed by atoms with Crippen molar-refractivity contribution in [2.24, 2.45) is 0 Å². The molecule has 0 aliphatic carbocycles. The second kappa shape index (κ2) is 10.1. The van der Waals surface area contributed by atoms with E-state index >= 15 is 0 Å². The highest BCUT2D eigenvalue weighted by atomic mass is 35.5. The Morgan fingerprint density at radius 3 is 2.63 bits per heavy atom. The maximum Gasteiger partial charge on any atom is 0.266 e. The van der Waals surface area contributed by atoms with Crippen LogP contribution in [0.25, 0.3) is 0 Å². The first-order valence-corrected chi connectivity index (χ1v) is 14.4. The van der Waals surface area contributed by atoms with Crippen molar-refractivity contribution < 1.29 is 12.8 Å². The Hall–Kier alpha value is -2.11. The SMILES string of the molecule is O=S(=O)(Nc1cscn1)c1cc(Cl)c(Nc2ccc(Cl)cc2N2CCC(N3CCCC3)C2)cc1F. The number of hydrogen-bond acceptors (Lipinski definition) is 7.